The molecule has 0 bridgehead atoms. The lowest BCUT2D eigenvalue weighted by Crippen LogP contribution is -2.23. The topological polar surface area (TPSA) is 12.9 Å². The van der Waals surface area contributed by atoms with Crippen molar-refractivity contribution in [1.82, 2.24) is 4.98 Å². The number of pyridine rings is 1. The molecule has 0 saturated carbocycles. The Kier molecular flexibility index (Phi) is 5.70. The number of rotatable bonds is 3. The summed E-state index contributed by atoms with van der Waals surface area (Å²) in [7, 11) is 0. The van der Waals surface area contributed by atoms with Crippen molar-refractivity contribution in [3.8, 4) is 11.1 Å². The molecule has 1 nitrogen and oxygen atoms in total. The van der Waals surface area contributed by atoms with Crippen LogP contribution < -0.4 is 0 Å². The number of hydrogen-bond donors (Lipinski definition) is 0. The van der Waals surface area contributed by atoms with Gasteiger partial charge in [0.1, 0.15) is 0 Å². The molecular weight excluding hydrogens is 530 g/mol. The largest absolute Gasteiger partial charge is 0.260 e. The van der Waals surface area contributed by atoms with E-state index in [-0.39, 0.29) is 11.8 Å². The number of fused-ring (bicyclic) bond motifs is 7. The third-order valence-electron chi connectivity index (χ3n) is 9.52. The van der Waals surface area contributed by atoms with Crippen LogP contribution in [-0.4, -0.2) is 4.98 Å². The normalized spacial score (nSPS) is 17.3. The second-order valence-electron chi connectivity index (χ2n) is 11.9. The summed E-state index contributed by atoms with van der Waals surface area (Å²) in [4.78, 5) is 5.24. The Hall–Kier alpha value is -5.53. The monoisotopic (exact) mass is 559 g/mol. The molecule has 0 spiro atoms. The molecule has 0 amide bonds. The summed E-state index contributed by atoms with van der Waals surface area (Å²) < 4.78 is 0. The van der Waals surface area contributed by atoms with Gasteiger partial charge in [-0.2, -0.15) is 0 Å². The molecule has 9 rings (SSSR count). The van der Waals surface area contributed by atoms with E-state index in [4.69, 9.17) is 4.98 Å². The standard InChI is InChI=1S/C43H29N/c1-2-13-29(14-3-1)42-35-18-8-10-20-37(35)43(38-21-11-9-19-36(38)42)41-25-23-30(27-44-41)39-26-40-31-15-5-4-12-28(31)22-24-34(40)32-16-6-7-17-33(32)39/h1-27,37,43H. The lowest BCUT2D eigenvalue weighted by molar-refractivity contribution is 0.632. The first kappa shape index (κ1) is 25.0. The summed E-state index contributed by atoms with van der Waals surface area (Å²) in [5.74, 6) is 0.359. The SMILES string of the molecule is C1=CC2=C(c3ccccc3)c3ccccc3C(c3ccc(-c4cc5c6ccccc6ccc5c5ccccc45)cn3)C2C=C1. The molecule has 0 radical (unpaired) electrons. The molecule has 2 atom stereocenters. The van der Waals surface area contributed by atoms with E-state index in [1.54, 1.807) is 0 Å². The predicted molar refractivity (Wildman–Crippen MR) is 185 cm³/mol. The fraction of sp³-hybridized carbons (Fsp3) is 0.0465. The fourth-order valence-corrected chi connectivity index (χ4v) is 7.56. The molecule has 2 aliphatic rings. The molecule has 1 aromatic heterocycles. The number of hydrogen-bond acceptors (Lipinski definition) is 1. The van der Waals surface area contributed by atoms with Gasteiger partial charge in [0, 0.05) is 29.3 Å². The first-order chi connectivity index (χ1) is 21.8. The summed E-state index contributed by atoms with van der Waals surface area (Å²) in [6.45, 7) is 0. The number of aromatic nitrogens is 1. The van der Waals surface area contributed by atoms with E-state index in [1.165, 1.54) is 65.7 Å². The van der Waals surface area contributed by atoms with Gasteiger partial charge < -0.3 is 0 Å². The third-order valence-corrected chi connectivity index (χ3v) is 9.52. The molecule has 7 aromatic rings. The van der Waals surface area contributed by atoms with Gasteiger partial charge in [-0.15, -0.1) is 0 Å². The molecule has 44 heavy (non-hydrogen) atoms. The van der Waals surface area contributed by atoms with E-state index in [2.05, 4.69) is 164 Å². The van der Waals surface area contributed by atoms with Crippen molar-refractivity contribution in [1.29, 1.82) is 0 Å². The van der Waals surface area contributed by atoms with Gasteiger partial charge >= 0.3 is 0 Å². The van der Waals surface area contributed by atoms with Crippen molar-refractivity contribution in [2.24, 2.45) is 5.92 Å². The van der Waals surface area contributed by atoms with Crippen molar-refractivity contribution in [2.45, 2.75) is 5.92 Å². The second kappa shape index (κ2) is 10.0. The highest BCUT2D eigenvalue weighted by Crippen LogP contribution is 2.50. The van der Waals surface area contributed by atoms with E-state index in [9.17, 15) is 0 Å². The molecule has 1 heterocycles. The second-order valence-corrected chi connectivity index (χ2v) is 11.9. The predicted octanol–water partition coefficient (Wildman–Crippen LogP) is 10.9. The van der Waals surface area contributed by atoms with Crippen molar-refractivity contribution in [3.05, 3.63) is 192 Å². The molecule has 0 N–H and O–H groups in total. The average Bonchev–Trinajstić information content (AvgIpc) is 3.10. The summed E-state index contributed by atoms with van der Waals surface area (Å²) >= 11 is 0. The Morgan fingerprint density at radius 2 is 1.25 bits per heavy atom. The minimum Gasteiger partial charge on any atom is -0.260 e. The zero-order chi connectivity index (χ0) is 29.0. The number of benzene rings is 6. The molecule has 0 aliphatic heterocycles. The molecule has 1 heteroatoms. The lowest BCUT2D eigenvalue weighted by Gasteiger charge is -2.36. The van der Waals surface area contributed by atoms with E-state index < -0.39 is 0 Å². The summed E-state index contributed by atoms with van der Waals surface area (Å²) in [6.07, 6.45) is 11.1. The molecule has 2 aliphatic carbocycles. The highest BCUT2D eigenvalue weighted by Gasteiger charge is 2.36. The van der Waals surface area contributed by atoms with Crippen LogP contribution in [0.25, 0.3) is 49.0 Å². The third kappa shape index (κ3) is 3.83. The first-order valence-corrected chi connectivity index (χ1v) is 15.4. The smallest absolute Gasteiger partial charge is 0.0488 e. The maximum Gasteiger partial charge on any atom is 0.0488 e. The van der Waals surface area contributed by atoms with E-state index in [1.807, 2.05) is 0 Å². The zero-order valence-electron chi connectivity index (χ0n) is 24.2. The number of allylic oxidation sites excluding steroid dienone is 5. The van der Waals surface area contributed by atoms with Crippen LogP contribution in [0.2, 0.25) is 0 Å². The van der Waals surface area contributed by atoms with Crippen LogP contribution >= 0.6 is 0 Å². The number of nitrogens with zero attached hydrogens (tertiary/aromatic N) is 1. The Bertz CT molecular complexity index is 2320. The average molecular weight is 560 g/mol. The maximum atomic E-state index is 5.24. The van der Waals surface area contributed by atoms with E-state index in [0.717, 1.165) is 11.3 Å². The zero-order valence-corrected chi connectivity index (χ0v) is 24.2. The minimum absolute atomic E-state index is 0.140. The first-order valence-electron chi connectivity index (χ1n) is 15.4. The Labute approximate surface area is 257 Å². The summed E-state index contributed by atoms with van der Waals surface area (Å²) in [5, 5.41) is 7.65. The Morgan fingerprint density at radius 1 is 0.500 bits per heavy atom. The quantitative estimate of drug-likeness (QED) is 0.196. The minimum atomic E-state index is 0.140. The molecule has 6 aromatic carbocycles. The van der Waals surface area contributed by atoms with Crippen molar-refractivity contribution >= 4 is 37.9 Å². The molecular formula is C43H29N. The Balaban J connectivity index is 1.21. The highest BCUT2D eigenvalue weighted by molar-refractivity contribution is 6.20. The van der Waals surface area contributed by atoms with Crippen LogP contribution in [-0.2, 0) is 0 Å². The Morgan fingerprint density at radius 3 is 2.11 bits per heavy atom. The van der Waals surface area contributed by atoms with Crippen LogP contribution in [0.15, 0.2) is 170 Å². The van der Waals surface area contributed by atoms with Gasteiger partial charge in [0.2, 0.25) is 0 Å². The van der Waals surface area contributed by atoms with Crippen molar-refractivity contribution in [2.75, 3.05) is 0 Å². The molecule has 0 fully saturated rings. The van der Waals surface area contributed by atoms with Crippen LogP contribution in [0, 0.1) is 5.92 Å². The van der Waals surface area contributed by atoms with Crippen LogP contribution in [0.1, 0.15) is 28.3 Å². The molecule has 206 valence electrons. The lowest BCUT2D eigenvalue weighted by atomic mass is 9.67. The van der Waals surface area contributed by atoms with Crippen LogP contribution in [0.5, 0.6) is 0 Å². The van der Waals surface area contributed by atoms with Crippen LogP contribution in [0.4, 0.5) is 0 Å². The van der Waals surface area contributed by atoms with Gasteiger partial charge in [-0.05, 0) is 77.9 Å². The van der Waals surface area contributed by atoms with Gasteiger partial charge in [0.15, 0.2) is 0 Å². The van der Waals surface area contributed by atoms with Gasteiger partial charge in [0.25, 0.3) is 0 Å². The molecule has 2 unspecified atom stereocenters. The van der Waals surface area contributed by atoms with Crippen molar-refractivity contribution < 1.29 is 0 Å². The van der Waals surface area contributed by atoms with E-state index in [0.29, 0.717) is 0 Å². The van der Waals surface area contributed by atoms with Gasteiger partial charge in [-0.1, -0.05) is 146 Å². The van der Waals surface area contributed by atoms with Gasteiger partial charge in [-0.25, -0.2) is 0 Å². The fourth-order valence-electron chi connectivity index (χ4n) is 7.56. The van der Waals surface area contributed by atoms with Crippen LogP contribution in [0.3, 0.4) is 0 Å². The summed E-state index contributed by atoms with van der Waals surface area (Å²) in [6, 6.07) is 48.6. The molecule has 0 saturated heterocycles. The van der Waals surface area contributed by atoms with Gasteiger partial charge in [0.05, 0.1) is 0 Å². The summed E-state index contributed by atoms with van der Waals surface area (Å²) in [5.41, 5.74) is 10.1. The maximum absolute atomic E-state index is 5.24. The highest BCUT2D eigenvalue weighted by atomic mass is 14.7. The van der Waals surface area contributed by atoms with Gasteiger partial charge in [-0.3, -0.25) is 4.98 Å². The van der Waals surface area contributed by atoms with E-state index >= 15 is 0 Å². The van der Waals surface area contributed by atoms with Crippen molar-refractivity contribution in [3.63, 3.8) is 0 Å².